The molecule has 4 aromatic rings. The molecule has 8 nitrogen and oxygen atoms in total. The van der Waals surface area contributed by atoms with E-state index in [1.807, 2.05) is 31.2 Å². The molecular formula is C27H25FN6O2. The number of aromatic nitrogens is 4. The number of aryl methyl sites for hydroxylation is 1. The molecule has 0 bridgehead atoms. The summed E-state index contributed by atoms with van der Waals surface area (Å²) < 4.78 is 14.2. The van der Waals surface area contributed by atoms with Gasteiger partial charge in [0, 0.05) is 30.7 Å². The summed E-state index contributed by atoms with van der Waals surface area (Å²) >= 11 is 0. The Balaban J connectivity index is 1.63. The average Bonchev–Trinajstić information content (AvgIpc) is 2.89. The van der Waals surface area contributed by atoms with Crippen LogP contribution in [0.4, 0.5) is 10.1 Å². The van der Waals surface area contributed by atoms with Gasteiger partial charge >= 0.3 is 0 Å². The lowest BCUT2D eigenvalue weighted by Gasteiger charge is -2.14. The number of rotatable bonds is 6. The Bertz CT molecular complexity index is 1450. The molecule has 1 aromatic carbocycles. The van der Waals surface area contributed by atoms with Crippen LogP contribution in [0.1, 0.15) is 46.0 Å². The molecule has 182 valence electrons. The Kier molecular flexibility index (Phi) is 6.82. The fourth-order valence-corrected chi connectivity index (χ4v) is 3.59. The van der Waals surface area contributed by atoms with Gasteiger partial charge in [-0.25, -0.2) is 4.39 Å². The van der Waals surface area contributed by atoms with Gasteiger partial charge in [0.15, 0.2) is 0 Å². The van der Waals surface area contributed by atoms with E-state index in [1.165, 1.54) is 26.1 Å². The lowest BCUT2D eigenvalue weighted by molar-refractivity contribution is 0.0957. The van der Waals surface area contributed by atoms with Gasteiger partial charge in [0.2, 0.25) is 0 Å². The van der Waals surface area contributed by atoms with Crippen molar-refractivity contribution in [3.63, 3.8) is 0 Å². The highest BCUT2D eigenvalue weighted by Gasteiger charge is 2.23. The molecule has 3 heterocycles. The Labute approximate surface area is 208 Å². The zero-order chi connectivity index (χ0) is 25.9. The van der Waals surface area contributed by atoms with Gasteiger partial charge in [-0.2, -0.15) is 10.2 Å². The predicted octanol–water partition coefficient (Wildman–Crippen LogP) is 4.73. The molecule has 0 fully saturated rings. The van der Waals surface area contributed by atoms with Crippen molar-refractivity contribution in [3.05, 3.63) is 89.6 Å². The molecule has 0 saturated heterocycles. The molecule has 0 radical (unpaired) electrons. The van der Waals surface area contributed by atoms with Crippen LogP contribution in [0.15, 0.2) is 67.1 Å². The van der Waals surface area contributed by atoms with Crippen LogP contribution in [-0.4, -0.2) is 39.0 Å². The maximum absolute atomic E-state index is 14.2. The Morgan fingerprint density at radius 2 is 1.67 bits per heavy atom. The van der Waals surface area contributed by atoms with Crippen molar-refractivity contribution in [1.82, 2.24) is 25.5 Å². The standard InChI is InChI=1S/C27H25FN6O2/c1-16-5-6-20(33-25(35)19-13-24(27(2,3)28)34-32-15-19)14-21(16)17-7-9-30-22(11-17)18-8-10-31-23(12-18)26(36)29-4/h5-15H,1-4H3,(H,29,36)(H,33,35). The van der Waals surface area contributed by atoms with Gasteiger partial charge in [-0.3, -0.25) is 19.6 Å². The highest BCUT2D eigenvalue weighted by molar-refractivity contribution is 6.04. The van der Waals surface area contributed by atoms with E-state index in [-0.39, 0.29) is 17.2 Å². The molecule has 0 aliphatic rings. The molecule has 2 N–H and O–H groups in total. The molecule has 3 aromatic heterocycles. The summed E-state index contributed by atoms with van der Waals surface area (Å²) in [7, 11) is 1.55. The van der Waals surface area contributed by atoms with Gasteiger partial charge in [0.1, 0.15) is 17.1 Å². The fourth-order valence-electron chi connectivity index (χ4n) is 3.59. The molecule has 4 rings (SSSR count). The van der Waals surface area contributed by atoms with Crippen LogP contribution in [0, 0.1) is 6.92 Å². The molecule has 0 unspecified atom stereocenters. The number of benzene rings is 1. The van der Waals surface area contributed by atoms with E-state index >= 15 is 0 Å². The van der Waals surface area contributed by atoms with Crippen LogP contribution in [0.2, 0.25) is 0 Å². The molecule has 36 heavy (non-hydrogen) atoms. The van der Waals surface area contributed by atoms with Crippen molar-refractivity contribution >= 4 is 17.5 Å². The number of hydrogen-bond acceptors (Lipinski definition) is 6. The van der Waals surface area contributed by atoms with Crippen molar-refractivity contribution in [2.24, 2.45) is 0 Å². The number of halogens is 1. The minimum atomic E-state index is -1.71. The second-order valence-corrected chi connectivity index (χ2v) is 8.72. The molecule has 2 amide bonds. The number of alkyl halides is 1. The van der Waals surface area contributed by atoms with E-state index in [0.717, 1.165) is 22.3 Å². The quantitative estimate of drug-likeness (QED) is 0.410. The van der Waals surface area contributed by atoms with E-state index in [9.17, 15) is 14.0 Å². The van der Waals surface area contributed by atoms with Crippen molar-refractivity contribution in [3.8, 4) is 22.4 Å². The van der Waals surface area contributed by atoms with Gasteiger partial charge in [0.05, 0.1) is 17.5 Å². The zero-order valence-electron chi connectivity index (χ0n) is 20.3. The largest absolute Gasteiger partial charge is 0.354 e. The summed E-state index contributed by atoms with van der Waals surface area (Å²) in [4.78, 5) is 33.4. The fraction of sp³-hybridized carbons (Fsp3) is 0.185. The van der Waals surface area contributed by atoms with Gasteiger partial charge in [-0.05, 0) is 79.9 Å². The number of pyridine rings is 2. The van der Waals surface area contributed by atoms with Crippen LogP contribution < -0.4 is 10.6 Å². The van der Waals surface area contributed by atoms with Crippen molar-refractivity contribution < 1.29 is 14.0 Å². The number of nitrogens with one attached hydrogen (secondary N) is 2. The summed E-state index contributed by atoms with van der Waals surface area (Å²) in [5.74, 6) is -0.696. The molecule has 0 aliphatic heterocycles. The van der Waals surface area contributed by atoms with Crippen LogP contribution in [0.5, 0.6) is 0 Å². The molecule has 9 heteroatoms. The Hall–Kier alpha value is -4.53. The zero-order valence-corrected chi connectivity index (χ0v) is 20.3. The third-order valence-electron chi connectivity index (χ3n) is 5.61. The highest BCUT2D eigenvalue weighted by atomic mass is 19.1. The summed E-state index contributed by atoms with van der Waals surface area (Å²) in [6, 6.07) is 14.2. The van der Waals surface area contributed by atoms with Gasteiger partial charge in [-0.1, -0.05) is 6.07 Å². The number of anilines is 1. The number of hydrogen-bond donors (Lipinski definition) is 2. The minimum Gasteiger partial charge on any atom is -0.354 e. The minimum absolute atomic E-state index is 0.0831. The van der Waals surface area contributed by atoms with Crippen molar-refractivity contribution in [2.45, 2.75) is 26.4 Å². The predicted molar refractivity (Wildman–Crippen MR) is 135 cm³/mol. The molecule has 0 atom stereocenters. The highest BCUT2D eigenvalue weighted by Crippen LogP contribution is 2.30. The van der Waals surface area contributed by atoms with Crippen LogP contribution in [0.25, 0.3) is 22.4 Å². The molecule has 0 spiro atoms. The third-order valence-corrected chi connectivity index (χ3v) is 5.61. The first-order valence-corrected chi connectivity index (χ1v) is 11.2. The summed E-state index contributed by atoms with van der Waals surface area (Å²) in [6.45, 7) is 4.69. The first-order chi connectivity index (χ1) is 17.2. The van der Waals surface area contributed by atoms with Crippen LogP contribution in [0.3, 0.4) is 0 Å². The smallest absolute Gasteiger partial charge is 0.269 e. The lowest BCUT2D eigenvalue weighted by Crippen LogP contribution is -2.19. The maximum atomic E-state index is 14.2. The van der Waals surface area contributed by atoms with Gasteiger partial charge < -0.3 is 10.6 Å². The van der Waals surface area contributed by atoms with Crippen molar-refractivity contribution in [2.75, 3.05) is 12.4 Å². The van der Waals surface area contributed by atoms with E-state index in [1.54, 1.807) is 37.6 Å². The first-order valence-electron chi connectivity index (χ1n) is 11.2. The summed E-state index contributed by atoms with van der Waals surface area (Å²) in [6.07, 6.45) is 4.56. The summed E-state index contributed by atoms with van der Waals surface area (Å²) in [5, 5.41) is 13.0. The average molecular weight is 485 g/mol. The van der Waals surface area contributed by atoms with E-state index in [2.05, 4.69) is 30.8 Å². The Morgan fingerprint density at radius 1 is 0.917 bits per heavy atom. The topological polar surface area (TPSA) is 110 Å². The number of carbonyl (C=O) groups is 2. The SMILES string of the molecule is CNC(=O)c1cc(-c2cc(-c3cc(NC(=O)c4cnnc(C(C)(C)F)c4)ccc3C)ccn2)ccn1. The first kappa shape index (κ1) is 24.6. The maximum Gasteiger partial charge on any atom is 0.269 e. The van der Waals surface area contributed by atoms with E-state index in [4.69, 9.17) is 0 Å². The van der Waals surface area contributed by atoms with E-state index in [0.29, 0.717) is 17.1 Å². The molecular weight excluding hydrogens is 459 g/mol. The van der Waals surface area contributed by atoms with Crippen molar-refractivity contribution in [1.29, 1.82) is 0 Å². The van der Waals surface area contributed by atoms with E-state index < -0.39 is 11.6 Å². The number of carbonyl (C=O) groups excluding carboxylic acids is 2. The second-order valence-electron chi connectivity index (χ2n) is 8.72. The van der Waals surface area contributed by atoms with Crippen LogP contribution >= 0.6 is 0 Å². The van der Waals surface area contributed by atoms with Gasteiger partial charge in [0.25, 0.3) is 11.8 Å². The van der Waals surface area contributed by atoms with Gasteiger partial charge in [-0.15, -0.1) is 0 Å². The second kappa shape index (κ2) is 9.99. The number of amides is 2. The molecule has 0 saturated carbocycles. The third kappa shape index (κ3) is 5.41. The normalized spacial score (nSPS) is 11.1. The summed E-state index contributed by atoms with van der Waals surface area (Å²) in [5.41, 5.74) is 3.67. The number of nitrogens with zero attached hydrogens (tertiary/aromatic N) is 4. The Morgan fingerprint density at radius 3 is 2.42 bits per heavy atom. The monoisotopic (exact) mass is 484 g/mol. The van der Waals surface area contributed by atoms with Crippen LogP contribution in [-0.2, 0) is 5.67 Å². The lowest BCUT2D eigenvalue weighted by atomic mass is 9.98. The molecule has 0 aliphatic carbocycles.